The van der Waals surface area contributed by atoms with E-state index < -0.39 is 0 Å². The summed E-state index contributed by atoms with van der Waals surface area (Å²) in [6.45, 7) is 5.42. The van der Waals surface area contributed by atoms with E-state index in [-0.39, 0.29) is 0 Å². The molecule has 0 saturated carbocycles. The number of hydrogen-bond acceptors (Lipinski definition) is 3. The molecule has 0 radical (unpaired) electrons. The van der Waals surface area contributed by atoms with E-state index in [1.807, 2.05) is 11.8 Å². The molecular formula is C13H25N3S. The standard InChI is InChI=1S/C13H25N3S/c1-4-6-9-16-12(7-5-2)15-11(13(16)14)8-10-17-3/h4-10,14H2,1-3H3. The number of nitrogens with zero attached hydrogens (tertiary/aromatic N) is 2. The zero-order chi connectivity index (χ0) is 12.7. The van der Waals surface area contributed by atoms with E-state index in [0.717, 1.165) is 43.1 Å². The Hall–Kier alpha value is -0.640. The van der Waals surface area contributed by atoms with Crippen LogP contribution in [-0.2, 0) is 19.4 Å². The van der Waals surface area contributed by atoms with Crippen LogP contribution in [0.1, 0.15) is 44.6 Å². The Morgan fingerprint density at radius 2 is 2.00 bits per heavy atom. The van der Waals surface area contributed by atoms with E-state index in [9.17, 15) is 0 Å². The maximum Gasteiger partial charge on any atom is 0.126 e. The highest BCUT2D eigenvalue weighted by Gasteiger charge is 2.13. The zero-order valence-corrected chi connectivity index (χ0v) is 12.1. The smallest absolute Gasteiger partial charge is 0.126 e. The summed E-state index contributed by atoms with van der Waals surface area (Å²) in [6, 6.07) is 0. The van der Waals surface area contributed by atoms with Gasteiger partial charge in [0.05, 0.1) is 5.69 Å². The fourth-order valence-electron chi connectivity index (χ4n) is 1.93. The number of rotatable bonds is 8. The lowest BCUT2D eigenvalue weighted by molar-refractivity contribution is 0.604. The van der Waals surface area contributed by atoms with Crippen LogP contribution in [0.25, 0.3) is 0 Å². The van der Waals surface area contributed by atoms with E-state index in [4.69, 9.17) is 10.7 Å². The monoisotopic (exact) mass is 255 g/mol. The molecule has 0 bridgehead atoms. The van der Waals surface area contributed by atoms with Crippen LogP contribution >= 0.6 is 11.8 Å². The van der Waals surface area contributed by atoms with Gasteiger partial charge in [-0.05, 0) is 24.9 Å². The molecule has 17 heavy (non-hydrogen) atoms. The zero-order valence-electron chi connectivity index (χ0n) is 11.3. The summed E-state index contributed by atoms with van der Waals surface area (Å²) in [4.78, 5) is 4.71. The van der Waals surface area contributed by atoms with Crippen LogP contribution in [0.2, 0.25) is 0 Å². The van der Waals surface area contributed by atoms with Crippen molar-refractivity contribution in [1.29, 1.82) is 0 Å². The topological polar surface area (TPSA) is 43.8 Å². The first-order valence-corrected chi connectivity index (χ1v) is 7.96. The van der Waals surface area contributed by atoms with Crippen LogP contribution in [0.15, 0.2) is 0 Å². The predicted octanol–water partition coefficient (Wildman–Crippen LogP) is 3.12. The van der Waals surface area contributed by atoms with Gasteiger partial charge in [0.2, 0.25) is 0 Å². The van der Waals surface area contributed by atoms with Crippen LogP contribution in [0.5, 0.6) is 0 Å². The first-order chi connectivity index (χ1) is 8.24. The molecule has 0 atom stereocenters. The van der Waals surface area contributed by atoms with Crippen molar-refractivity contribution in [1.82, 2.24) is 9.55 Å². The third-order valence-corrected chi connectivity index (χ3v) is 3.53. The Labute approximate surface area is 109 Å². The first kappa shape index (κ1) is 14.4. The Morgan fingerprint density at radius 1 is 1.24 bits per heavy atom. The fourth-order valence-corrected chi connectivity index (χ4v) is 2.33. The molecule has 98 valence electrons. The average molecular weight is 255 g/mol. The second kappa shape index (κ2) is 7.64. The van der Waals surface area contributed by atoms with Gasteiger partial charge in [-0.3, -0.25) is 0 Å². The van der Waals surface area contributed by atoms with E-state index in [1.54, 1.807) is 0 Å². The molecule has 1 rings (SSSR count). The quantitative estimate of drug-likeness (QED) is 0.776. The number of hydrogen-bond donors (Lipinski definition) is 1. The van der Waals surface area contributed by atoms with Gasteiger partial charge in [0.25, 0.3) is 0 Å². The maximum atomic E-state index is 6.21. The number of aryl methyl sites for hydroxylation is 2. The molecule has 0 spiro atoms. The molecule has 0 fully saturated rings. The van der Waals surface area contributed by atoms with E-state index in [2.05, 4.69) is 24.7 Å². The maximum absolute atomic E-state index is 6.21. The van der Waals surface area contributed by atoms with Gasteiger partial charge < -0.3 is 10.3 Å². The molecule has 0 aliphatic carbocycles. The van der Waals surface area contributed by atoms with Crippen LogP contribution in [0.4, 0.5) is 5.82 Å². The Morgan fingerprint density at radius 3 is 2.59 bits per heavy atom. The van der Waals surface area contributed by atoms with Crippen molar-refractivity contribution < 1.29 is 0 Å². The molecule has 0 aliphatic heterocycles. The van der Waals surface area contributed by atoms with Crippen LogP contribution in [-0.4, -0.2) is 21.6 Å². The molecule has 0 unspecified atom stereocenters. The molecule has 0 aromatic carbocycles. The highest BCUT2D eigenvalue weighted by Crippen LogP contribution is 2.18. The molecule has 1 aromatic heterocycles. The van der Waals surface area contributed by atoms with Crippen molar-refractivity contribution in [2.45, 2.75) is 52.5 Å². The summed E-state index contributed by atoms with van der Waals surface area (Å²) >= 11 is 1.85. The second-order valence-electron chi connectivity index (χ2n) is 4.36. The first-order valence-electron chi connectivity index (χ1n) is 6.57. The van der Waals surface area contributed by atoms with E-state index in [1.165, 1.54) is 18.7 Å². The van der Waals surface area contributed by atoms with Gasteiger partial charge in [-0.1, -0.05) is 20.3 Å². The summed E-state index contributed by atoms with van der Waals surface area (Å²) in [5, 5.41) is 0. The van der Waals surface area contributed by atoms with Crippen LogP contribution < -0.4 is 5.73 Å². The summed E-state index contributed by atoms with van der Waals surface area (Å²) < 4.78 is 2.22. The normalized spacial score (nSPS) is 11.0. The van der Waals surface area contributed by atoms with Gasteiger partial charge in [0.15, 0.2) is 0 Å². The average Bonchev–Trinajstić information content (AvgIpc) is 2.61. The van der Waals surface area contributed by atoms with Crippen molar-refractivity contribution >= 4 is 17.6 Å². The number of nitrogen functional groups attached to an aromatic ring is 1. The second-order valence-corrected chi connectivity index (χ2v) is 5.34. The van der Waals surface area contributed by atoms with E-state index in [0.29, 0.717) is 0 Å². The SMILES string of the molecule is CCCCn1c(CCC)nc(CCSC)c1N. The number of nitrogens with two attached hydrogens (primary N) is 1. The van der Waals surface area contributed by atoms with Gasteiger partial charge in [-0.15, -0.1) is 0 Å². The van der Waals surface area contributed by atoms with Crippen molar-refractivity contribution in [2.24, 2.45) is 0 Å². The molecule has 0 amide bonds. The highest BCUT2D eigenvalue weighted by molar-refractivity contribution is 7.98. The Balaban J connectivity index is 2.85. The number of thioether (sulfide) groups is 1. The third kappa shape index (κ3) is 3.95. The van der Waals surface area contributed by atoms with Crippen LogP contribution in [0.3, 0.4) is 0 Å². The molecule has 0 saturated heterocycles. The number of imidazole rings is 1. The molecular weight excluding hydrogens is 230 g/mol. The molecule has 2 N–H and O–H groups in total. The minimum atomic E-state index is 0.899. The molecule has 3 nitrogen and oxygen atoms in total. The predicted molar refractivity (Wildman–Crippen MR) is 77.6 cm³/mol. The lowest BCUT2D eigenvalue weighted by Gasteiger charge is -2.08. The van der Waals surface area contributed by atoms with Crippen molar-refractivity contribution in [2.75, 3.05) is 17.7 Å². The van der Waals surface area contributed by atoms with Gasteiger partial charge in [0, 0.05) is 19.4 Å². The minimum absolute atomic E-state index is 0.899. The van der Waals surface area contributed by atoms with Gasteiger partial charge in [-0.2, -0.15) is 11.8 Å². The highest BCUT2D eigenvalue weighted by atomic mass is 32.2. The van der Waals surface area contributed by atoms with E-state index >= 15 is 0 Å². The molecule has 4 heteroatoms. The lowest BCUT2D eigenvalue weighted by atomic mass is 10.3. The Bertz CT molecular complexity index is 334. The third-order valence-electron chi connectivity index (χ3n) is 2.91. The van der Waals surface area contributed by atoms with Gasteiger partial charge in [-0.25, -0.2) is 4.98 Å². The number of aromatic nitrogens is 2. The fraction of sp³-hybridized carbons (Fsp3) is 0.769. The summed E-state index contributed by atoms with van der Waals surface area (Å²) in [7, 11) is 0. The van der Waals surface area contributed by atoms with Crippen LogP contribution in [0, 0.1) is 0 Å². The van der Waals surface area contributed by atoms with Crippen molar-refractivity contribution in [3.8, 4) is 0 Å². The van der Waals surface area contributed by atoms with Crippen molar-refractivity contribution in [3.63, 3.8) is 0 Å². The number of unbranched alkanes of at least 4 members (excludes halogenated alkanes) is 1. The summed E-state index contributed by atoms with van der Waals surface area (Å²) in [6.07, 6.45) is 7.65. The lowest BCUT2D eigenvalue weighted by Crippen LogP contribution is -2.07. The molecule has 1 heterocycles. The summed E-state index contributed by atoms with van der Waals surface area (Å²) in [5.74, 6) is 3.17. The van der Waals surface area contributed by atoms with Crippen molar-refractivity contribution in [3.05, 3.63) is 11.5 Å². The molecule has 0 aliphatic rings. The van der Waals surface area contributed by atoms with Gasteiger partial charge >= 0.3 is 0 Å². The van der Waals surface area contributed by atoms with Gasteiger partial charge in [0.1, 0.15) is 11.6 Å². The largest absolute Gasteiger partial charge is 0.384 e. The number of anilines is 1. The minimum Gasteiger partial charge on any atom is -0.384 e. The summed E-state index contributed by atoms with van der Waals surface area (Å²) in [5.41, 5.74) is 7.30. The Kier molecular flexibility index (Phi) is 6.48. The molecule has 1 aromatic rings.